The maximum atomic E-state index is 12.1. The van der Waals surface area contributed by atoms with E-state index < -0.39 is 10.0 Å². The molecule has 3 aromatic rings. The summed E-state index contributed by atoms with van der Waals surface area (Å²) in [5.74, 6) is 0.364. The molecule has 0 aliphatic carbocycles. The Hall–Kier alpha value is -1.97. The number of hydrogen-bond acceptors (Lipinski definition) is 6. The minimum atomic E-state index is -3.78. The minimum absolute atomic E-state index is 0.0949. The lowest BCUT2D eigenvalue weighted by molar-refractivity contribution is 0.605. The van der Waals surface area contributed by atoms with Crippen LogP contribution in [-0.4, -0.2) is 29.0 Å². The maximum Gasteiger partial charge on any atom is 0.204 e. The summed E-state index contributed by atoms with van der Waals surface area (Å²) < 4.78 is 28.6. The molecule has 0 saturated heterocycles. The van der Waals surface area contributed by atoms with Gasteiger partial charge in [-0.05, 0) is 17.3 Å². The van der Waals surface area contributed by atoms with Crippen molar-refractivity contribution in [3.8, 4) is 11.4 Å². The number of hydrogen-bond donors (Lipinski definition) is 1. The van der Waals surface area contributed by atoms with Crippen molar-refractivity contribution in [3.63, 3.8) is 0 Å². The summed E-state index contributed by atoms with van der Waals surface area (Å²) >= 11 is 6.71. The molecule has 0 unspecified atom stereocenters. The topological polar surface area (TPSA) is 103 Å². The van der Waals surface area contributed by atoms with Crippen LogP contribution in [0.25, 0.3) is 16.1 Å². The van der Waals surface area contributed by atoms with Gasteiger partial charge in [0.15, 0.2) is 0 Å². The number of halogens is 1. The van der Waals surface area contributed by atoms with Gasteiger partial charge in [0, 0.05) is 5.56 Å². The summed E-state index contributed by atoms with van der Waals surface area (Å²) in [6.45, 7) is 0. The highest BCUT2D eigenvalue weighted by molar-refractivity contribution is 7.96. The molecule has 1 aromatic carbocycles. The lowest BCUT2D eigenvalue weighted by atomic mass is 10.2. The van der Waals surface area contributed by atoms with Gasteiger partial charge in [-0.25, -0.2) is 8.42 Å². The van der Waals surface area contributed by atoms with E-state index in [1.807, 2.05) is 0 Å². The fourth-order valence-corrected chi connectivity index (χ4v) is 4.04. The Bertz CT molecular complexity index is 860. The van der Waals surface area contributed by atoms with E-state index in [4.69, 9.17) is 11.6 Å². The number of benzene rings is 1. The number of rotatable bonds is 4. The molecule has 0 spiro atoms. The molecule has 0 atom stereocenters. The average molecular weight is 341 g/mol. The van der Waals surface area contributed by atoms with Gasteiger partial charge in [0.2, 0.25) is 5.82 Å². The van der Waals surface area contributed by atoms with E-state index in [1.54, 1.807) is 24.3 Å². The molecule has 0 fully saturated rings. The van der Waals surface area contributed by atoms with E-state index in [-0.39, 0.29) is 9.90 Å². The Morgan fingerprint density at radius 2 is 2.10 bits per heavy atom. The highest BCUT2D eigenvalue weighted by Gasteiger charge is 2.09. The molecule has 0 bridgehead atoms. The summed E-state index contributed by atoms with van der Waals surface area (Å²) in [6, 6.07) is 9.49. The van der Waals surface area contributed by atoms with Gasteiger partial charge in [0.25, 0.3) is 0 Å². The van der Waals surface area contributed by atoms with Gasteiger partial charge in [-0.3, -0.25) is 0 Å². The second kappa shape index (κ2) is 5.43. The maximum absolute atomic E-state index is 12.1. The fraction of sp³-hybridized carbons (Fsp3) is 0. The van der Waals surface area contributed by atoms with E-state index in [0.29, 0.717) is 15.7 Å². The number of aromatic nitrogens is 4. The zero-order valence-electron chi connectivity index (χ0n) is 10.3. The van der Waals surface area contributed by atoms with E-state index in [2.05, 4.69) is 25.3 Å². The predicted molar refractivity (Wildman–Crippen MR) is 79.1 cm³/mol. The molecule has 2 aromatic heterocycles. The molecule has 21 heavy (non-hydrogen) atoms. The predicted octanol–water partition coefficient (Wildman–Crippen LogP) is 2.98. The van der Waals surface area contributed by atoms with Crippen LogP contribution >= 0.6 is 22.9 Å². The number of nitrogens with one attached hydrogen (secondary N) is 1. The SMILES string of the molecule is O=S(=O)([N-]c1cccc(-c2nn[nH]n2)c1)c1ccc(Cl)s1. The van der Waals surface area contributed by atoms with Gasteiger partial charge < -0.3 is 4.72 Å². The third-order valence-corrected chi connectivity index (χ3v) is 5.48. The highest BCUT2D eigenvalue weighted by atomic mass is 35.5. The first-order valence-electron chi connectivity index (χ1n) is 5.62. The zero-order valence-corrected chi connectivity index (χ0v) is 12.7. The van der Waals surface area contributed by atoms with Crippen molar-refractivity contribution in [1.29, 1.82) is 0 Å². The first-order valence-corrected chi connectivity index (χ1v) is 8.25. The van der Waals surface area contributed by atoms with Crippen LogP contribution in [0.5, 0.6) is 0 Å². The molecule has 0 saturated carbocycles. The molecule has 0 aliphatic heterocycles. The van der Waals surface area contributed by atoms with E-state index in [0.717, 1.165) is 11.3 Å². The molecule has 2 heterocycles. The van der Waals surface area contributed by atoms with Gasteiger partial charge in [0.1, 0.15) is 14.2 Å². The monoisotopic (exact) mass is 340 g/mol. The number of H-pyrrole nitrogens is 1. The van der Waals surface area contributed by atoms with Crippen molar-refractivity contribution in [1.82, 2.24) is 20.6 Å². The molecular formula is C11H7ClN5O2S2-. The molecule has 1 N–H and O–H groups in total. The largest absolute Gasteiger partial charge is 0.572 e. The Kier molecular flexibility index (Phi) is 3.62. The first kappa shape index (κ1) is 14.0. The van der Waals surface area contributed by atoms with Gasteiger partial charge in [0.05, 0.1) is 4.34 Å². The number of nitrogens with zero attached hydrogens (tertiary/aromatic N) is 4. The van der Waals surface area contributed by atoms with Crippen LogP contribution < -0.4 is 0 Å². The molecule has 7 nitrogen and oxygen atoms in total. The Balaban J connectivity index is 1.90. The van der Waals surface area contributed by atoms with Crippen molar-refractivity contribution < 1.29 is 8.42 Å². The van der Waals surface area contributed by atoms with E-state index >= 15 is 0 Å². The third kappa shape index (κ3) is 3.04. The lowest BCUT2D eigenvalue weighted by Gasteiger charge is -2.20. The quantitative estimate of drug-likeness (QED) is 0.786. The second-order valence-electron chi connectivity index (χ2n) is 3.91. The van der Waals surface area contributed by atoms with Crippen molar-refractivity contribution in [3.05, 3.63) is 45.5 Å². The Morgan fingerprint density at radius 3 is 2.76 bits per heavy atom. The molecule has 0 aliphatic rings. The fourth-order valence-electron chi connectivity index (χ4n) is 1.61. The van der Waals surface area contributed by atoms with E-state index in [1.165, 1.54) is 12.1 Å². The van der Waals surface area contributed by atoms with Crippen LogP contribution in [0.2, 0.25) is 4.34 Å². The molecular weight excluding hydrogens is 334 g/mol. The number of tetrazole rings is 1. The molecule has 0 amide bonds. The Morgan fingerprint density at radius 1 is 1.24 bits per heavy atom. The normalized spacial score (nSPS) is 11.5. The summed E-state index contributed by atoms with van der Waals surface area (Å²) in [7, 11) is -3.78. The summed E-state index contributed by atoms with van der Waals surface area (Å²) in [5.41, 5.74) is 0.895. The summed E-state index contributed by atoms with van der Waals surface area (Å²) in [6.07, 6.45) is 0. The summed E-state index contributed by atoms with van der Waals surface area (Å²) in [4.78, 5) is 0. The number of sulfonamides is 1. The van der Waals surface area contributed by atoms with Crippen LogP contribution in [0.1, 0.15) is 0 Å². The smallest absolute Gasteiger partial charge is 0.204 e. The van der Waals surface area contributed by atoms with Crippen LogP contribution in [0.15, 0.2) is 40.6 Å². The van der Waals surface area contributed by atoms with Crippen molar-refractivity contribution >= 4 is 38.6 Å². The third-order valence-electron chi connectivity index (χ3n) is 2.48. The van der Waals surface area contributed by atoms with Crippen LogP contribution in [0.4, 0.5) is 5.69 Å². The highest BCUT2D eigenvalue weighted by Crippen LogP contribution is 2.34. The molecule has 10 heteroatoms. The van der Waals surface area contributed by atoms with Gasteiger partial charge in [-0.1, -0.05) is 35.9 Å². The van der Waals surface area contributed by atoms with Crippen LogP contribution in [0.3, 0.4) is 0 Å². The summed E-state index contributed by atoms with van der Waals surface area (Å²) in [5, 5.41) is 13.5. The van der Waals surface area contributed by atoms with Crippen molar-refractivity contribution in [2.24, 2.45) is 0 Å². The van der Waals surface area contributed by atoms with Crippen molar-refractivity contribution in [2.75, 3.05) is 0 Å². The first-order chi connectivity index (χ1) is 10.0. The van der Waals surface area contributed by atoms with E-state index in [9.17, 15) is 8.42 Å². The van der Waals surface area contributed by atoms with Crippen molar-refractivity contribution in [2.45, 2.75) is 4.21 Å². The average Bonchev–Trinajstić information content (AvgIpc) is 3.09. The Labute approximate surface area is 129 Å². The van der Waals surface area contributed by atoms with Crippen LogP contribution in [0, 0.1) is 0 Å². The second-order valence-corrected chi connectivity index (χ2v) is 7.46. The number of aromatic amines is 1. The standard InChI is InChI=1S/C11H7ClN5O2S2/c12-9-4-5-10(20-9)21(18,19)15-8-3-1-2-7(6-8)11-13-16-17-14-11/h1-6H,(H,13,14,16,17)/q-1. The zero-order chi connectivity index (χ0) is 14.9. The van der Waals surface area contributed by atoms with Gasteiger partial charge in [-0.2, -0.15) is 5.21 Å². The van der Waals surface area contributed by atoms with Crippen LogP contribution in [-0.2, 0) is 10.0 Å². The minimum Gasteiger partial charge on any atom is -0.572 e. The lowest BCUT2D eigenvalue weighted by Crippen LogP contribution is -1.94. The number of thiophene rings is 1. The molecule has 3 rings (SSSR count). The molecule has 0 radical (unpaired) electrons. The molecule has 108 valence electrons. The van der Waals surface area contributed by atoms with Gasteiger partial charge >= 0.3 is 0 Å². The van der Waals surface area contributed by atoms with Gasteiger partial charge in [-0.15, -0.1) is 27.2 Å².